The standard InChI is InChI=1S/C10H18F3NO/c1-2-14-7-9(15)5-3-8(4-6-9)10(11,12)13/h8,14-15H,2-7H2,1H3. The van der Waals surface area contributed by atoms with Crippen LogP contribution in [0, 0.1) is 5.92 Å². The van der Waals surface area contributed by atoms with Gasteiger partial charge in [-0.25, -0.2) is 0 Å². The van der Waals surface area contributed by atoms with E-state index >= 15 is 0 Å². The number of alkyl halides is 3. The summed E-state index contributed by atoms with van der Waals surface area (Å²) in [4.78, 5) is 0. The molecule has 0 bridgehead atoms. The average molecular weight is 225 g/mol. The zero-order chi connectivity index (χ0) is 11.5. The molecule has 15 heavy (non-hydrogen) atoms. The van der Waals surface area contributed by atoms with Crippen molar-refractivity contribution in [2.24, 2.45) is 5.92 Å². The fourth-order valence-electron chi connectivity index (χ4n) is 2.02. The first-order chi connectivity index (χ1) is 6.87. The normalized spacial score (nSPS) is 33.0. The lowest BCUT2D eigenvalue weighted by Crippen LogP contribution is -2.45. The minimum Gasteiger partial charge on any atom is -0.389 e. The first kappa shape index (κ1) is 12.8. The van der Waals surface area contributed by atoms with Crippen LogP contribution in [-0.2, 0) is 0 Å². The lowest BCUT2D eigenvalue weighted by Gasteiger charge is -2.36. The van der Waals surface area contributed by atoms with Gasteiger partial charge in [0.25, 0.3) is 0 Å². The maximum absolute atomic E-state index is 12.3. The number of rotatable bonds is 3. The smallest absolute Gasteiger partial charge is 0.389 e. The summed E-state index contributed by atoms with van der Waals surface area (Å²) in [6.07, 6.45) is -3.52. The van der Waals surface area contributed by atoms with Crippen LogP contribution in [0.15, 0.2) is 0 Å². The molecule has 0 aromatic heterocycles. The van der Waals surface area contributed by atoms with E-state index in [1.807, 2.05) is 6.92 Å². The maximum atomic E-state index is 12.3. The summed E-state index contributed by atoms with van der Waals surface area (Å²) in [7, 11) is 0. The Hall–Kier alpha value is -0.290. The van der Waals surface area contributed by atoms with E-state index in [1.54, 1.807) is 0 Å². The van der Waals surface area contributed by atoms with Crippen molar-refractivity contribution in [1.82, 2.24) is 5.32 Å². The van der Waals surface area contributed by atoms with E-state index in [-0.39, 0.29) is 25.7 Å². The van der Waals surface area contributed by atoms with Crippen molar-refractivity contribution in [2.45, 2.75) is 44.4 Å². The first-order valence-electron chi connectivity index (χ1n) is 5.37. The van der Waals surface area contributed by atoms with E-state index in [0.29, 0.717) is 6.54 Å². The molecule has 0 spiro atoms. The minimum atomic E-state index is -4.10. The summed E-state index contributed by atoms with van der Waals surface area (Å²) in [6, 6.07) is 0. The van der Waals surface area contributed by atoms with Gasteiger partial charge in [-0.1, -0.05) is 6.92 Å². The van der Waals surface area contributed by atoms with Gasteiger partial charge >= 0.3 is 6.18 Å². The summed E-state index contributed by atoms with van der Waals surface area (Å²) in [5, 5.41) is 12.9. The Kier molecular flexibility index (Phi) is 4.00. The summed E-state index contributed by atoms with van der Waals surface area (Å²) < 4.78 is 37.0. The Bertz CT molecular complexity index is 197. The van der Waals surface area contributed by atoms with Crippen LogP contribution in [0.3, 0.4) is 0 Å². The molecule has 1 aliphatic rings. The Labute approximate surface area is 87.9 Å². The van der Waals surface area contributed by atoms with E-state index in [4.69, 9.17) is 0 Å². The van der Waals surface area contributed by atoms with Gasteiger partial charge in [-0.05, 0) is 32.2 Å². The molecule has 1 saturated carbocycles. The number of hydrogen-bond donors (Lipinski definition) is 2. The Morgan fingerprint density at radius 3 is 2.27 bits per heavy atom. The molecular formula is C10H18F3NO. The summed E-state index contributed by atoms with van der Waals surface area (Å²) >= 11 is 0. The molecule has 0 amide bonds. The number of likely N-dealkylation sites (N-methyl/N-ethyl adjacent to an activating group) is 1. The van der Waals surface area contributed by atoms with Crippen LogP contribution in [0.2, 0.25) is 0 Å². The van der Waals surface area contributed by atoms with Gasteiger partial charge in [0, 0.05) is 6.54 Å². The second-order valence-electron chi connectivity index (χ2n) is 4.32. The van der Waals surface area contributed by atoms with E-state index in [0.717, 1.165) is 6.54 Å². The summed E-state index contributed by atoms with van der Waals surface area (Å²) in [5.41, 5.74) is -0.933. The lowest BCUT2D eigenvalue weighted by atomic mass is 9.78. The summed E-state index contributed by atoms with van der Waals surface area (Å²) in [5.74, 6) is -1.22. The number of halogens is 3. The van der Waals surface area contributed by atoms with Gasteiger partial charge in [-0.15, -0.1) is 0 Å². The molecule has 0 aromatic rings. The predicted octanol–water partition coefficient (Wildman–Crippen LogP) is 2.08. The van der Waals surface area contributed by atoms with Crippen LogP contribution in [-0.4, -0.2) is 30.0 Å². The third-order valence-corrected chi connectivity index (χ3v) is 3.08. The van der Waals surface area contributed by atoms with Crippen LogP contribution in [0.5, 0.6) is 0 Å². The second-order valence-corrected chi connectivity index (χ2v) is 4.32. The predicted molar refractivity (Wildman–Crippen MR) is 51.5 cm³/mol. The van der Waals surface area contributed by atoms with Crippen molar-refractivity contribution in [3.05, 3.63) is 0 Å². The average Bonchev–Trinajstić information content (AvgIpc) is 2.14. The van der Waals surface area contributed by atoms with Crippen molar-refractivity contribution in [1.29, 1.82) is 0 Å². The Balaban J connectivity index is 2.41. The van der Waals surface area contributed by atoms with E-state index in [2.05, 4.69) is 5.32 Å². The number of hydrogen-bond acceptors (Lipinski definition) is 2. The van der Waals surface area contributed by atoms with Crippen LogP contribution >= 0.6 is 0 Å². The van der Waals surface area contributed by atoms with Crippen LogP contribution in [0.4, 0.5) is 13.2 Å². The third kappa shape index (κ3) is 3.65. The number of nitrogens with one attached hydrogen (secondary N) is 1. The molecule has 0 aliphatic heterocycles. The van der Waals surface area contributed by atoms with Crippen molar-refractivity contribution in [3.63, 3.8) is 0 Å². The molecule has 0 unspecified atom stereocenters. The fourth-order valence-corrected chi connectivity index (χ4v) is 2.02. The van der Waals surface area contributed by atoms with Crippen LogP contribution in [0.25, 0.3) is 0 Å². The third-order valence-electron chi connectivity index (χ3n) is 3.08. The van der Waals surface area contributed by atoms with E-state index in [9.17, 15) is 18.3 Å². The monoisotopic (exact) mass is 225 g/mol. The van der Waals surface area contributed by atoms with E-state index in [1.165, 1.54) is 0 Å². The van der Waals surface area contributed by atoms with Gasteiger partial charge in [0.05, 0.1) is 11.5 Å². The van der Waals surface area contributed by atoms with Gasteiger partial charge in [0.15, 0.2) is 0 Å². The minimum absolute atomic E-state index is 0.0470. The highest BCUT2D eigenvalue weighted by atomic mass is 19.4. The van der Waals surface area contributed by atoms with Crippen molar-refractivity contribution >= 4 is 0 Å². The molecule has 1 aliphatic carbocycles. The number of aliphatic hydroxyl groups is 1. The molecule has 0 saturated heterocycles. The molecule has 0 aromatic carbocycles. The van der Waals surface area contributed by atoms with E-state index < -0.39 is 17.7 Å². The molecule has 1 rings (SSSR count). The highest BCUT2D eigenvalue weighted by Gasteiger charge is 2.44. The molecule has 0 atom stereocenters. The molecule has 0 heterocycles. The maximum Gasteiger partial charge on any atom is 0.391 e. The zero-order valence-corrected chi connectivity index (χ0v) is 8.90. The molecule has 0 radical (unpaired) electrons. The Morgan fingerprint density at radius 1 is 1.33 bits per heavy atom. The van der Waals surface area contributed by atoms with Crippen molar-refractivity contribution in [3.8, 4) is 0 Å². The Morgan fingerprint density at radius 2 is 1.87 bits per heavy atom. The van der Waals surface area contributed by atoms with Crippen molar-refractivity contribution in [2.75, 3.05) is 13.1 Å². The molecule has 90 valence electrons. The van der Waals surface area contributed by atoms with Crippen LogP contribution < -0.4 is 5.32 Å². The summed E-state index contributed by atoms with van der Waals surface area (Å²) in [6.45, 7) is 3.03. The molecule has 5 heteroatoms. The topological polar surface area (TPSA) is 32.3 Å². The van der Waals surface area contributed by atoms with Gasteiger partial charge in [-0.2, -0.15) is 13.2 Å². The van der Waals surface area contributed by atoms with Gasteiger partial charge < -0.3 is 10.4 Å². The molecule has 2 N–H and O–H groups in total. The van der Waals surface area contributed by atoms with Crippen LogP contribution in [0.1, 0.15) is 32.6 Å². The van der Waals surface area contributed by atoms with Crippen molar-refractivity contribution < 1.29 is 18.3 Å². The quantitative estimate of drug-likeness (QED) is 0.770. The zero-order valence-electron chi connectivity index (χ0n) is 8.90. The fraction of sp³-hybridized carbons (Fsp3) is 1.00. The molecule has 2 nitrogen and oxygen atoms in total. The van der Waals surface area contributed by atoms with Gasteiger partial charge in [-0.3, -0.25) is 0 Å². The van der Waals surface area contributed by atoms with Gasteiger partial charge in [0.1, 0.15) is 0 Å². The largest absolute Gasteiger partial charge is 0.391 e. The molecular weight excluding hydrogens is 207 g/mol. The lowest BCUT2D eigenvalue weighted by molar-refractivity contribution is -0.191. The highest BCUT2D eigenvalue weighted by Crippen LogP contribution is 2.40. The van der Waals surface area contributed by atoms with Gasteiger partial charge in [0.2, 0.25) is 0 Å². The molecule has 1 fully saturated rings. The first-order valence-corrected chi connectivity index (χ1v) is 5.37. The second kappa shape index (κ2) is 4.70. The SMILES string of the molecule is CCNCC1(O)CCC(C(F)(F)F)CC1. The highest BCUT2D eigenvalue weighted by molar-refractivity contribution is 4.89.